The van der Waals surface area contributed by atoms with Crippen molar-refractivity contribution in [2.75, 3.05) is 0 Å². The maximum Gasteiger partial charge on any atom is 0.337 e. The zero-order valence-corrected chi connectivity index (χ0v) is 6.88. The number of rotatable bonds is 2. The summed E-state index contributed by atoms with van der Waals surface area (Å²) in [6.07, 6.45) is 5.56. The van der Waals surface area contributed by atoms with Crippen LogP contribution in [0.3, 0.4) is 0 Å². The average molecular weight is 171 g/mol. The molecular formula is C7H13N3O2. The summed E-state index contributed by atoms with van der Waals surface area (Å²) in [4.78, 5) is 20.4. The Balaban J connectivity index is 2.19. The van der Waals surface area contributed by atoms with E-state index in [1.807, 2.05) is 5.43 Å². The summed E-state index contributed by atoms with van der Waals surface area (Å²) >= 11 is 0. The predicted molar refractivity (Wildman–Crippen MR) is 44.3 cm³/mol. The van der Waals surface area contributed by atoms with Gasteiger partial charge in [0.2, 0.25) is 0 Å². The van der Waals surface area contributed by atoms with Crippen LogP contribution in [0.1, 0.15) is 32.1 Å². The Morgan fingerprint density at radius 1 is 1.25 bits per heavy atom. The van der Waals surface area contributed by atoms with Crippen molar-refractivity contribution >= 4 is 6.03 Å². The number of hydrogen-bond donors (Lipinski definition) is 2. The Hall–Kier alpha value is -1.13. The minimum atomic E-state index is -0.489. The fourth-order valence-corrected chi connectivity index (χ4v) is 1.51. The van der Waals surface area contributed by atoms with Gasteiger partial charge in [0, 0.05) is 6.04 Å². The Morgan fingerprint density at radius 3 is 2.50 bits per heavy atom. The third-order valence-electron chi connectivity index (χ3n) is 2.09. The first-order chi connectivity index (χ1) is 5.83. The molecule has 0 aromatic heterocycles. The van der Waals surface area contributed by atoms with Crippen molar-refractivity contribution < 1.29 is 4.79 Å². The van der Waals surface area contributed by atoms with Crippen molar-refractivity contribution in [3.8, 4) is 0 Å². The molecule has 12 heavy (non-hydrogen) atoms. The third kappa shape index (κ3) is 2.86. The van der Waals surface area contributed by atoms with Gasteiger partial charge in [-0.1, -0.05) is 19.3 Å². The third-order valence-corrected chi connectivity index (χ3v) is 2.09. The molecule has 1 aliphatic rings. The first-order valence-electron chi connectivity index (χ1n) is 4.22. The minimum absolute atomic E-state index is 0.223. The van der Waals surface area contributed by atoms with E-state index in [-0.39, 0.29) is 6.04 Å². The predicted octanol–water partition coefficient (Wildman–Crippen LogP) is 1.30. The second-order valence-corrected chi connectivity index (χ2v) is 3.01. The van der Waals surface area contributed by atoms with Crippen LogP contribution in [0, 0.1) is 4.91 Å². The van der Waals surface area contributed by atoms with E-state index in [2.05, 4.69) is 10.6 Å². The summed E-state index contributed by atoms with van der Waals surface area (Å²) in [5.41, 5.74) is 1.81. The van der Waals surface area contributed by atoms with Crippen LogP contribution >= 0.6 is 0 Å². The molecule has 1 aliphatic carbocycles. The molecule has 0 bridgehead atoms. The number of carbonyl (C=O) groups is 1. The van der Waals surface area contributed by atoms with Crippen LogP contribution in [-0.4, -0.2) is 12.1 Å². The normalized spacial score (nSPS) is 18.3. The van der Waals surface area contributed by atoms with Gasteiger partial charge in [0.1, 0.15) is 0 Å². The highest BCUT2D eigenvalue weighted by molar-refractivity contribution is 5.73. The van der Waals surface area contributed by atoms with E-state index in [1.54, 1.807) is 0 Å². The molecule has 2 N–H and O–H groups in total. The summed E-state index contributed by atoms with van der Waals surface area (Å²) in [5.74, 6) is 0. The molecule has 0 spiro atoms. The maximum absolute atomic E-state index is 10.8. The zero-order valence-electron chi connectivity index (χ0n) is 6.88. The monoisotopic (exact) mass is 171 g/mol. The van der Waals surface area contributed by atoms with Crippen LogP contribution in [-0.2, 0) is 0 Å². The summed E-state index contributed by atoms with van der Waals surface area (Å²) in [6.45, 7) is 0. The molecule has 5 nitrogen and oxygen atoms in total. The number of nitroso groups, excluding NO2 is 1. The SMILES string of the molecule is O=NNC(=O)NC1CCCCC1. The smallest absolute Gasteiger partial charge is 0.334 e. The molecule has 1 rings (SSSR count). The van der Waals surface area contributed by atoms with Crippen LogP contribution in [0.5, 0.6) is 0 Å². The lowest BCUT2D eigenvalue weighted by molar-refractivity contribution is 0.233. The number of amides is 2. The van der Waals surface area contributed by atoms with Gasteiger partial charge < -0.3 is 5.32 Å². The van der Waals surface area contributed by atoms with Crippen LogP contribution in [0.25, 0.3) is 0 Å². The fraction of sp³-hybridized carbons (Fsp3) is 0.857. The van der Waals surface area contributed by atoms with E-state index in [1.165, 1.54) is 6.42 Å². The Bertz CT molecular complexity index is 166. The maximum atomic E-state index is 10.8. The lowest BCUT2D eigenvalue weighted by Gasteiger charge is -2.21. The summed E-state index contributed by atoms with van der Waals surface area (Å²) < 4.78 is 0. The topological polar surface area (TPSA) is 70.6 Å². The van der Waals surface area contributed by atoms with E-state index in [9.17, 15) is 9.70 Å². The molecule has 0 aromatic carbocycles. The largest absolute Gasteiger partial charge is 0.337 e. The first kappa shape index (κ1) is 8.96. The molecule has 68 valence electrons. The van der Waals surface area contributed by atoms with Gasteiger partial charge in [-0.05, 0) is 12.8 Å². The van der Waals surface area contributed by atoms with E-state index in [0.29, 0.717) is 0 Å². The van der Waals surface area contributed by atoms with Gasteiger partial charge in [-0.2, -0.15) is 5.43 Å². The first-order valence-corrected chi connectivity index (χ1v) is 4.22. The number of carbonyl (C=O) groups excluding carboxylic acids is 1. The van der Waals surface area contributed by atoms with Gasteiger partial charge in [-0.25, -0.2) is 4.79 Å². The highest BCUT2D eigenvalue weighted by atomic mass is 16.3. The van der Waals surface area contributed by atoms with Gasteiger partial charge in [-0.3, -0.25) is 0 Å². The van der Waals surface area contributed by atoms with E-state index in [4.69, 9.17) is 0 Å². The van der Waals surface area contributed by atoms with Gasteiger partial charge in [0.25, 0.3) is 0 Å². The Labute approximate surface area is 70.8 Å². The second-order valence-electron chi connectivity index (χ2n) is 3.01. The van der Waals surface area contributed by atoms with Crippen LogP contribution in [0.15, 0.2) is 5.29 Å². The van der Waals surface area contributed by atoms with Crippen LogP contribution in [0.4, 0.5) is 4.79 Å². The number of hydrogen-bond acceptors (Lipinski definition) is 3. The van der Waals surface area contributed by atoms with Crippen molar-refractivity contribution in [1.29, 1.82) is 0 Å². The molecule has 0 saturated heterocycles. The van der Waals surface area contributed by atoms with Crippen LogP contribution < -0.4 is 10.7 Å². The second kappa shape index (κ2) is 4.69. The number of nitrogens with one attached hydrogen (secondary N) is 2. The zero-order chi connectivity index (χ0) is 8.81. The van der Waals surface area contributed by atoms with E-state index >= 15 is 0 Å². The molecule has 0 heterocycles. The van der Waals surface area contributed by atoms with Gasteiger partial charge in [0.05, 0.1) is 5.29 Å². The highest BCUT2D eigenvalue weighted by Gasteiger charge is 2.14. The van der Waals surface area contributed by atoms with Crippen LogP contribution in [0.2, 0.25) is 0 Å². The van der Waals surface area contributed by atoms with Crippen molar-refractivity contribution in [2.24, 2.45) is 5.29 Å². The fourth-order valence-electron chi connectivity index (χ4n) is 1.51. The molecule has 0 unspecified atom stereocenters. The molecule has 5 heteroatoms. The summed E-state index contributed by atoms with van der Waals surface area (Å²) in [5, 5.41) is 4.97. The molecule has 2 amide bonds. The molecule has 0 aliphatic heterocycles. The Morgan fingerprint density at radius 2 is 1.92 bits per heavy atom. The quantitative estimate of drug-likeness (QED) is 0.485. The van der Waals surface area contributed by atoms with E-state index < -0.39 is 6.03 Å². The Kier molecular flexibility index (Phi) is 3.50. The van der Waals surface area contributed by atoms with Gasteiger partial charge in [-0.15, -0.1) is 4.91 Å². The molecule has 1 saturated carbocycles. The minimum Gasteiger partial charge on any atom is -0.334 e. The van der Waals surface area contributed by atoms with Crippen molar-refractivity contribution in [1.82, 2.24) is 10.7 Å². The van der Waals surface area contributed by atoms with E-state index in [0.717, 1.165) is 25.7 Å². The highest BCUT2D eigenvalue weighted by Crippen LogP contribution is 2.16. The van der Waals surface area contributed by atoms with Gasteiger partial charge in [0.15, 0.2) is 0 Å². The number of urea groups is 1. The molecular weight excluding hydrogens is 158 g/mol. The standard InChI is InChI=1S/C7H13N3O2/c11-7(9-10-12)8-6-4-2-1-3-5-6/h6H,1-5H2,(H2,8,9,11,12). The van der Waals surface area contributed by atoms with Crippen molar-refractivity contribution in [3.05, 3.63) is 4.91 Å². The lowest BCUT2D eigenvalue weighted by Crippen LogP contribution is -2.40. The molecule has 0 radical (unpaired) electrons. The summed E-state index contributed by atoms with van der Waals surface area (Å²) in [7, 11) is 0. The van der Waals surface area contributed by atoms with Gasteiger partial charge >= 0.3 is 6.03 Å². The molecule has 1 fully saturated rings. The van der Waals surface area contributed by atoms with Crippen molar-refractivity contribution in [3.63, 3.8) is 0 Å². The average Bonchev–Trinajstić information content (AvgIpc) is 2.06. The van der Waals surface area contributed by atoms with Crippen molar-refractivity contribution in [2.45, 2.75) is 38.1 Å². The molecule has 0 atom stereocenters. The molecule has 0 aromatic rings. The number of nitrogens with zero attached hydrogens (tertiary/aromatic N) is 1. The lowest BCUT2D eigenvalue weighted by atomic mass is 9.96. The summed E-state index contributed by atoms with van der Waals surface area (Å²) in [6, 6.07) is -0.266.